The Balaban J connectivity index is 1.60. The number of amides is 2. The standard InChI is InChI=1S/C24H31N3O6S/c1-4-32-20-10-12-21(13-11-20)33-18(3)23(28)25-26-24(29)19-9-8-17(2)22(16-19)34(30,31)27-14-6-5-7-15-27/h8-13,16,18H,4-7,14-15H2,1-3H3,(H,25,28)(H,26,29). The van der Waals surface area contributed by atoms with E-state index in [1.54, 1.807) is 44.2 Å². The lowest BCUT2D eigenvalue weighted by Crippen LogP contribution is -2.47. The van der Waals surface area contributed by atoms with Crippen molar-refractivity contribution in [3.8, 4) is 11.5 Å². The second-order valence-electron chi connectivity index (χ2n) is 8.05. The van der Waals surface area contributed by atoms with E-state index in [4.69, 9.17) is 9.47 Å². The molecule has 1 saturated heterocycles. The van der Waals surface area contributed by atoms with Gasteiger partial charge in [0.1, 0.15) is 11.5 Å². The first-order valence-corrected chi connectivity index (χ1v) is 12.8. The largest absolute Gasteiger partial charge is 0.494 e. The Bertz CT molecular complexity index is 1110. The average Bonchev–Trinajstić information content (AvgIpc) is 2.84. The molecule has 1 aliphatic rings. The van der Waals surface area contributed by atoms with Gasteiger partial charge >= 0.3 is 0 Å². The van der Waals surface area contributed by atoms with Crippen LogP contribution >= 0.6 is 0 Å². The Kier molecular flexibility index (Phi) is 8.51. The zero-order chi connectivity index (χ0) is 24.7. The molecule has 1 unspecified atom stereocenters. The van der Waals surface area contributed by atoms with Crippen LogP contribution in [-0.2, 0) is 14.8 Å². The summed E-state index contributed by atoms with van der Waals surface area (Å²) in [5.41, 5.74) is 5.33. The van der Waals surface area contributed by atoms with E-state index in [2.05, 4.69) is 10.9 Å². The minimum Gasteiger partial charge on any atom is -0.494 e. The predicted molar refractivity (Wildman–Crippen MR) is 127 cm³/mol. The van der Waals surface area contributed by atoms with Gasteiger partial charge in [-0.1, -0.05) is 12.5 Å². The fourth-order valence-electron chi connectivity index (χ4n) is 3.59. The molecule has 0 aliphatic carbocycles. The van der Waals surface area contributed by atoms with Gasteiger partial charge < -0.3 is 9.47 Å². The lowest BCUT2D eigenvalue weighted by atomic mass is 10.1. The highest BCUT2D eigenvalue weighted by Crippen LogP contribution is 2.24. The van der Waals surface area contributed by atoms with Crippen LogP contribution in [0.5, 0.6) is 11.5 Å². The van der Waals surface area contributed by atoms with Crippen molar-refractivity contribution < 1.29 is 27.5 Å². The number of hydrogen-bond donors (Lipinski definition) is 2. The van der Waals surface area contributed by atoms with Gasteiger partial charge in [0.25, 0.3) is 11.8 Å². The number of hydrazine groups is 1. The second-order valence-corrected chi connectivity index (χ2v) is 9.96. The fraction of sp³-hybridized carbons (Fsp3) is 0.417. The number of aryl methyl sites for hydroxylation is 1. The van der Waals surface area contributed by atoms with E-state index in [-0.39, 0.29) is 10.5 Å². The number of nitrogens with one attached hydrogen (secondary N) is 2. The van der Waals surface area contributed by atoms with Crippen LogP contribution in [0.15, 0.2) is 47.4 Å². The highest BCUT2D eigenvalue weighted by molar-refractivity contribution is 7.89. The number of benzene rings is 2. The Labute approximate surface area is 200 Å². The van der Waals surface area contributed by atoms with Gasteiger partial charge in [0, 0.05) is 18.7 Å². The fourth-order valence-corrected chi connectivity index (χ4v) is 5.36. The summed E-state index contributed by atoms with van der Waals surface area (Å²) in [6, 6.07) is 11.3. The number of hydrogen-bond acceptors (Lipinski definition) is 6. The molecular weight excluding hydrogens is 458 g/mol. The minimum absolute atomic E-state index is 0.0978. The van der Waals surface area contributed by atoms with Crippen molar-refractivity contribution in [2.75, 3.05) is 19.7 Å². The quantitative estimate of drug-likeness (QED) is 0.551. The van der Waals surface area contributed by atoms with Crippen molar-refractivity contribution in [3.05, 3.63) is 53.6 Å². The summed E-state index contributed by atoms with van der Waals surface area (Å²) in [5, 5.41) is 0. The molecule has 9 nitrogen and oxygen atoms in total. The number of carbonyl (C=O) groups is 2. The van der Waals surface area contributed by atoms with Crippen LogP contribution < -0.4 is 20.3 Å². The van der Waals surface area contributed by atoms with Crippen LogP contribution in [0, 0.1) is 6.92 Å². The van der Waals surface area contributed by atoms with E-state index >= 15 is 0 Å². The van der Waals surface area contributed by atoms with Crippen molar-refractivity contribution in [3.63, 3.8) is 0 Å². The molecular formula is C24H31N3O6S. The van der Waals surface area contributed by atoms with Gasteiger partial charge in [0.2, 0.25) is 10.0 Å². The maximum Gasteiger partial charge on any atom is 0.279 e. The topological polar surface area (TPSA) is 114 Å². The number of carbonyl (C=O) groups excluding carboxylic acids is 2. The first kappa shape index (κ1) is 25.5. The molecule has 2 aromatic rings. The van der Waals surface area contributed by atoms with Crippen LogP contribution in [0.3, 0.4) is 0 Å². The number of rotatable bonds is 8. The van der Waals surface area contributed by atoms with Gasteiger partial charge in [-0.3, -0.25) is 20.4 Å². The summed E-state index contributed by atoms with van der Waals surface area (Å²) in [5.74, 6) is -0.0188. The maximum absolute atomic E-state index is 13.1. The summed E-state index contributed by atoms with van der Waals surface area (Å²) in [6.07, 6.45) is 1.77. The average molecular weight is 490 g/mol. The van der Waals surface area contributed by atoms with Crippen LogP contribution in [-0.4, -0.2) is 50.3 Å². The summed E-state index contributed by atoms with van der Waals surface area (Å²) >= 11 is 0. The smallest absolute Gasteiger partial charge is 0.279 e. The number of sulfonamides is 1. The summed E-state index contributed by atoms with van der Waals surface area (Å²) in [7, 11) is -3.70. The molecule has 34 heavy (non-hydrogen) atoms. The van der Waals surface area contributed by atoms with Crippen LogP contribution in [0.1, 0.15) is 49.0 Å². The first-order valence-electron chi connectivity index (χ1n) is 11.3. The van der Waals surface area contributed by atoms with Gasteiger partial charge in [0.05, 0.1) is 11.5 Å². The van der Waals surface area contributed by atoms with Crippen LogP contribution in [0.4, 0.5) is 0 Å². The highest BCUT2D eigenvalue weighted by Gasteiger charge is 2.28. The third-order valence-corrected chi connectivity index (χ3v) is 7.54. The van der Waals surface area contributed by atoms with E-state index in [1.807, 2.05) is 6.92 Å². The lowest BCUT2D eigenvalue weighted by molar-refractivity contribution is -0.128. The van der Waals surface area contributed by atoms with Crippen molar-refractivity contribution >= 4 is 21.8 Å². The van der Waals surface area contributed by atoms with Crippen LogP contribution in [0.2, 0.25) is 0 Å². The van der Waals surface area contributed by atoms with Crippen molar-refractivity contribution in [1.29, 1.82) is 0 Å². The molecule has 2 N–H and O–H groups in total. The molecule has 0 aromatic heterocycles. The molecule has 3 rings (SSSR count). The molecule has 184 valence electrons. The minimum atomic E-state index is -3.70. The maximum atomic E-state index is 13.1. The van der Waals surface area contributed by atoms with Gasteiger partial charge in [-0.15, -0.1) is 0 Å². The van der Waals surface area contributed by atoms with E-state index < -0.39 is 27.9 Å². The predicted octanol–water partition coefficient (Wildman–Crippen LogP) is 2.80. The Hall–Kier alpha value is -3.11. The molecule has 0 radical (unpaired) electrons. The first-order chi connectivity index (χ1) is 16.2. The summed E-state index contributed by atoms with van der Waals surface area (Å²) in [4.78, 5) is 25.1. The van der Waals surface area contributed by atoms with Gasteiger partial charge in [-0.25, -0.2) is 8.42 Å². The Morgan fingerprint density at radius 1 is 1.00 bits per heavy atom. The van der Waals surface area contributed by atoms with Crippen LogP contribution in [0.25, 0.3) is 0 Å². The summed E-state index contributed by atoms with van der Waals surface area (Å²) in [6.45, 7) is 6.62. The molecule has 0 saturated carbocycles. The normalized spacial score (nSPS) is 15.3. The molecule has 0 spiro atoms. The van der Waals surface area contributed by atoms with Gasteiger partial charge in [-0.2, -0.15) is 4.31 Å². The number of ether oxygens (including phenoxy) is 2. The molecule has 0 bridgehead atoms. The summed E-state index contributed by atoms with van der Waals surface area (Å²) < 4.78 is 38.6. The molecule has 1 aliphatic heterocycles. The number of piperidine rings is 1. The second kappa shape index (κ2) is 11.3. The SMILES string of the molecule is CCOc1ccc(OC(C)C(=O)NNC(=O)c2ccc(C)c(S(=O)(=O)N3CCCCC3)c2)cc1. The molecule has 2 aromatic carbocycles. The number of nitrogens with zero attached hydrogens (tertiary/aromatic N) is 1. The Morgan fingerprint density at radius 3 is 2.29 bits per heavy atom. The molecule has 2 amide bonds. The molecule has 1 heterocycles. The van der Waals surface area contributed by atoms with E-state index in [9.17, 15) is 18.0 Å². The van der Waals surface area contributed by atoms with Gasteiger partial charge in [-0.05, 0) is 75.6 Å². The molecule has 1 atom stereocenters. The third-order valence-electron chi connectivity index (χ3n) is 5.50. The van der Waals surface area contributed by atoms with Crippen molar-refractivity contribution in [2.24, 2.45) is 0 Å². The lowest BCUT2D eigenvalue weighted by Gasteiger charge is -2.26. The Morgan fingerprint density at radius 2 is 1.65 bits per heavy atom. The monoisotopic (exact) mass is 489 g/mol. The molecule has 1 fully saturated rings. The van der Waals surface area contributed by atoms with Crippen molar-refractivity contribution in [1.82, 2.24) is 15.2 Å². The van der Waals surface area contributed by atoms with Crippen molar-refractivity contribution in [2.45, 2.75) is 51.0 Å². The van der Waals surface area contributed by atoms with Gasteiger partial charge in [0.15, 0.2) is 6.10 Å². The zero-order valence-electron chi connectivity index (χ0n) is 19.7. The van der Waals surface area contributed by atoms with E-state index in [0.717, 1.165) is 19.3 Å². The van der Waals surface area contributed by atoms with E-state index in [1.165, 1.54) is 16.4 Å². The highest BCUT2D eigenvalue weighted by atomic mass is 32.2. The third kappa shape index (κ3) is 6.27. The van der Waals surface area contributed by atoms with E-state index in [0.29, 0.717) is 36.8 Å². The molecule has 10 heteroatoms. The zero-order valence-corrected chi connectivity index (χ0v) is 20.5.